The number of amides is 2. The van der Waals surface area contributed by atoms with Crippen molar-refractivity contribution in [1.29, 1.82) is 0 Å². The predicted molar refractivity (Wildman–Crippen MR) is 158 cm³/mol. The molecule has 2 rings (SSSR count). The molecule has 0 radical (unpaired) electrons. The monoisotopic (exact) mass is 668 g/mol. The molecule has 0 bridgehead atoms. The summed E-state index contributed by atoms with van der Waals surface area (Å²) >= 11 is 0. The second kappa shape index (κ2) is 21.2. The van der Waals surface area contributed by atoms with Crippen LogP contribution in [-0.4, -0.2) is 164 Å². The van der Waals surface area contributed by atoms with Crippen LogP contribution in [0.15, 0.2) is 12.2 Å². The first-order valence-corrected chi connectivity index (χ1v) is 15.6. The fourth-order valence-corrected chi connectivity index (χ4v) is 4.91. The molecule has 2 heterocycles. The van der Waals surface area contributed by atoms with Gasteiger partial charge in [0.2, 0.25) is 11.8 Å². The van der Waals surface area contributed by atoms with Crippen molar-refractivity contribution in [3.63, 3.8) is 0 Å². The highest BCUT2D eigenvalue weighted by atomic mass is 16.7. The minimum absolute atomic E-state index is 0.00905. The molecular formula is C29H52N2O15. The Morgan fingerprint density at radius 1 is 0.761 bits per heavy atom. The molecule has 17 heteroatoms. The van der Waals surface area contributed by atoms with E-state index in [2.05, 4.69) is 10.6 Å². The number of rotatable bonds is 20. The summed E-state index contributed by atoms with van der Waals surface area (Å²) in [6, 6.07) is -0.495. The molecule has 0 aromatic rings. The average Bonchev–Trinajstić information content (AvgIpc) is 3.03. The molecule has 17 nitrogen and oxygen atoms in total. The van der Waals surface area contributed by atoms with Crippen LogP contribution in [0.2, 0.25) is 0 Å². The quantitative estimate of drug-likeness (QED) is 0.0434. The van der Waals surface area contributed by atoms with Gasteiger partial charge in [-0.1, -0.05) is 12.2 Å². The molecular weight excluding hydrogens is 616 g/mol. The lowest BCUT2D eigenvalue weighted by Crippen LogP contribution is -2.59. The zero-order valence-corrected chi connectivity index (χ0v) is 26.0. The van der Waals surface area contributed by atoms with Crippen LogP contribution in [0, 0.1) is 0 Å². The molecule has 0 aromatic heterocycles. The highest BCUT2D eigenvalue weighted by molar-refractivity contribution is 5.77. The molecule has 12 unspecified atom stereocenters. The van der Waals surface area contributed by atoms with Gasteiger partial charge in [-0.25, -0.2) is 0 Å². The van der Waals surface area contributed by atoms with Gasteiger partial charge in [0, 0.05) is 26.0 Å². The van der Waals surface area contributed by atoms with Gasteiger partial charge in [0.05, 0.1) is 32.0 Å². The minimum atomic E-state index is -1.55. The third-order valence-corrected chi connectivity index (χ3v) is 7.80. The molecule has 0 saturated carbocycles. The molecule has 2 fully saturated rings. The molecule has 0 spiro atoms. The van der Waals surface area contributed by atoms with E-state index in [4.69, 9.17) is 18.9 Å². The Morgan fingerprint density at radius 2 is 1.35 bits per heavy atom. The van der Waals surface area contributed by atoms with E-state index in [1.807, 2.05) is 0 Å². The van der Waals surface area contributed by atoms with Crippen LogP contribution in [0.3, 0.4) is 0 Å². The normalized spacial score (nSPS) is 33.1. The number of hydrogen-bond acceptors (Lipinski definition) is 15. The summed E-state index contributed by atoms with van der Waals surface area (Å²) in [5.74, 6) is -0.491. The Balaban J connectivity index is 1.55. The van der Waals surface area contributed by atoms with Crippen molar-refractivity contribution in [3.8, 4) is 0 Å². The zero-order valence-electron chi connectivity index (χ0n) is 26.0. The molecule has 2 amide bonds. The highest BCUT2D eigenvalue weighted by Crippen LogP contribution is 2.23. The Hall–Kier alpha value is -1.84. The van der Waals surface area contributed by atoms with Gasteiger partial charge in [0.15, 0.2) is 12.6 Å². The summed E-state index contributed by atoms with van der Waals surface area (Å²) in [4.78, 5) is 24.5. The van der Waals surface area contributed by atoms with Crippen LogP contribution < -0.4 is 10.6 Å². The van der Waals surface area contributed by atoms with Gasteiger partial charge in [-0.2, -0.15) is 0 Å². The second-order valence-electron chi connectivity index (χ2n) is 11.5. The van der Waals surface area contributed by atoms with E-state index in [1.54, 1.807) is 6.92 Å². The largest absolute Gasteiger partial charge is 0.394 e. The second-order valence-corrected chi connectivity index (χ2v) is 11.5. The minimum Gasteiger partial charge on any atom is -0.394 e. The van der Waals surface area contributed by atoms with Crippen molar-refractivity contribution < 1.29 is 74.5 Å². The summed E-state index contributed by atoms with van der Waals surface area (Å²) in [6.45, 7) is 0.924. The number of carbonyl (C=O) groups excluding carboxylic acids is 2. The number of hydrogen-bond donors (Lipinski definition) is 11. The van der Waals surface area contributed by atoms with Crippen LogP contribution in [0.1, 0.15) is 51.9 Å². The predicted octanol–water partition coefficient (Wildman–Crippen LogP) is -4.11. The van der Waals surface area contributed by atoms with Gasteiger partial charge in [0.25, 0.3) is 0 Å². The molecule has 2 aliphatic rings. The first kappa shape index (κ1) is 40.3. The third kappa shape index (κ3) is 13.0. The van der Waals surface area contributed by atoms with Gasteiger partial charge >= 0.3 is 0 Å². The fourth-order valence-electron chi connectivity index (χ4n) is 4.91. The fraction of sp³-hybridized carbons (Fsp3) is 0.862. The van der Waals surface area contributed by atoms with Crippen LogP contribution in [-0.2, 0) is 28.5 Å². The van der Waals surface area contributed by atoms with Crippen LogP contribution in [0.4, 0.5) is 0 Å². The van der Waals surface area contributed by atoms with Crippen LogP contribution >= 0.6 is 0 Å². The number of carbonyl (C=O) groups is 2. The van der Waals surface area contributed by atoms with E-state index in [9.17, 15) is 55.5 Å². The van der Waals surface area contributed by atoms with Crippen molar-refractivity contribution >= 4 is 11.8 Å². The summed E-state index contributed by atoms with van der Waals surface area (Å²) < 4.78 is 21.2. The topological polar surface area (TPSA) is 277 Å². The standard InChI is InChI=1S/C29H52N2O15/c1-16(34)17(31-21(36)10-4-7-13-44-29-27(42)25(40)23(38)19(15-33)46-29)8-2-5-11-30-20(35)9-3-6-12-43-28-26(41)24(39)22(37)18(14-32)45-28/h4,7,16-19,22-29,32-34,37-42H,2-3,5-6,8-15H2,1H3,(H,30,35)(H,31,36)/b7-4+. The Kier molecular flexibility index (Phi) is 18.6. The summed E-state index contributed by atoms with van der Waals surface area (Å²) in [5, 5.41) is 93.2. The lowest BCUT2D eigenvalue weighted by molar-refractivity contribution is -0.301. The van der Waals surface area contributed by atoms with Crippen molar-refractivity contribution in [3.05, 3.63) is 12.2 Å². The number of ether oxygens (including phenoxy) is 4. The maximum atomic E-state index is 12.3. The van der Waals surface area contributed by atoms with Crippen molar-refractivity contribution in [2.75, 3.05) is 33.0 Å². The molecule has 2 saturated heterocycles. The summed E-state index contributed by atoms with van der Waals surface area (Å²) in [5.41, 5.74) is 0. The summed E-state index contributed by atoms with van der Waals surface area (Å²) in [6.07, 6.45) is -8.44. The maximum absolute atomic E-state index is 12.3. The van der Waals surface area contributed by atoms with E-state index in [0.29, 0.717) is 38.6 Å². The molecule has 12 atom stereocenters. The van der Waals surface area contributed by atoms with Crippen molar-refractivity contribution in [2.24, 2.45) is 0 Å². The number of unbranched alkanes of at least 4 members (excludes halogenated alkanes) is 2. The molecule has 0 aliphatic carbocycles. The van der Waals surface area contributed by atoms with E-state index in [1.165, 1.54) is 12.2 Å². The van der Waals surface area contributed by atoms with E-state index >= 15 is 0 Å². The Morgan fingerprint density at radius 3 is 1.91 bits per heavy atom. The van der Waals surface area contributed by atoms with Crippen LogP contribution in [0.25, 0.3) is 0 Å². The molecule has 11 N–H and O–H groups in total. The maximum Gasteiger partial charge on any atom is 0.224 e. The smallest absolute Gasteiger partial charge is 0.224 e. The molecule has 268 valence electrons. The molecule has 0 aromatic carbocycles. The van der Waals surface area contributed by atoms with Gasteiger partial charge in [-0.15, -0.1) is 0 Å². The average molecular weight is 669 g/mol. The molecule has 2 aliphatic heterocycles. The van der Waals surface area contributed by atoms with Gasteiger partial charge in [-0.3, -0.25) is 9.59 Å². The Labute approximate surface area is 267 Å². The lowest BCUT2D eigenvalue weighted by atomic mass is 9.99. The zero-order chi connectivity index (χ0) is 34.2. The lowest BCUT2D eigenvalue weighted by Gasteiger charge is -2.39. The molecule has 46 heavy (non-hydrogen) atoms. The number of aliphatic hydroxyl groups excluding tert-OH is 9. The third-order valence-electron chi connectivity index (χ3n) is 7.80. The van der Waals surface area contributed by atoms with Crippen LogP contribution in [0.5, 0.6) is 0 Å². The number of nitrogens with one attached hydrogen (secondary N) is 2. The van der Waals surface area contributed by atoms with E-state index in [0.717, 1.165) is 0 Å². The van der Waals surface area contributed by atoms with E-state index in [-0.39, 0.29) is 37.9 Å². The van der Waals surface area contributed by atoms with E-state index < -0.39 is 86.8 Å². The first-order valence-electron chi connectivity index (χ1n) is 15.6. The van der Waals surface area contributed by atoms with Gasteiger partial charge in [0.1, 0.15) is 48.8 Å². The first-order chi connectivity index (χ1) is 21.9. The van der Waals surface area contributed by atoms with Crippen molar-refractivity contribution in [2.45, 2.75) is 125 Å². The van der Waals surface area contributed by atoms with Gasteiger partial charge in [-0.05, 0) is 39.0 Å². The highest BCUT2D eigenvalue weighted by Gasteiger charge is 2.45. The number of aliphatic hydroxyl groups is 9. The summed E-state index contributed by atoms with van der Waals surface area (Å²) in [7, 11) is 0. The van der Waals surface area contributed by atoms with Gasteiger partial charge < -0.3 is 75.5 Å². The van der Waals surface area contributed by atoms with Crippen molar-refractivity contribution in [1.82, 2.24) is 10.6 Å². The Bertz CT molecular complexity index is 908. The SMILES string of the molecule is CC(O)C(CCCCNC(=O)CCCCOC1OC(CO)C(O)C(O)C1O)NC(=O)C/C=C/COC1OC(CO)C(O)C(O)C1O.